The molecule has 588 valence electrons. The van der Waals surface area contributed by atoms with Crippen LogP contribution in [-0.4, -0.2) is 90.0 Å². The Morgan fingerprint density at radius 2 is 0.373 bits per heavy atom. The second-order valence-electron chi connectivity index (χ2n) is 34.7. The molecule has 0 fully saturated rings. The Morgan fingerprint density at radius 1 is 0.186 bits per heavy atom. The van der Waals surface area contributed by atoms with E-state index in [2.05, 4.69) is 256 Å². The lowest BCUT2D eigenvalue weighted by molar-refractivity contribution is 0.453. The molecule has 0 aliphatic carbocycles. The molecule has 0 aliphatic heterocycles. The molecule has 0 aromatic carbocycles. The third-order valence-corrected chi connectivity index (χ3v) is 18.2. The topological polar surface area (TPSA) is 184 Å². The highest BCUT2D eigenvalue weighted by molar-refractivity contribution is 4.98. The summed E-state index contributed by atoms with van der Waals surface area (Å²) in [5, 5.41) is 49.1. The van der Waals surface area contributed by atoms with Crippen molar-refractivity contribution in [1.82, 2.24) is 90.0 Å². The lowest BCUT2D eigenvalue weighted by Gasteiger charge is -2.08. The zero-order chi connectivity index (χ0) is 76.0. The summed E-state index contributed by atoms with van der Waals surface area (Å²) in [6.45, 7) is 60.4. The van der Waals surface area contributed by atoms with Crippen molar-refractivity contribution in [3.05, 3.63) is 71.3 Å². The quantitative estimate of drug-likeness (QED) is 0.0330. The molecule has 6 rings (SSSR count). The van der Waals surface area contributed by atoms with Gasteiger partial charge in [0.2, 0.25) is 0 Å². The number of hydrogen-bond donors (Lipinski definition) is 0. The van der Waals surface area contributed by atoms with Crippen LogP contribution in [0.2, 0.25) is 0 Å². The summed E-state index contributed by atoms with van der Waals surface area (Å²) in [5.74, 6) is 9.18. The molecule has 0 N–H and O–H groups in total. The molecule has 0 radical (unpaired) electrons. The van der Waals surface area contributed by atoms with E-state index in [1.165, 1.54) is 188 Å². The molecule has 18 nitrogen and oxygen atoms in total. The van der Waals surface area contributed by atoms with Crippen LogP contribution in [0.3, 0.4) is 0 Å². The smallest absolute Gasteiger partial charge is 0.0725 e. The van der Waals surface area contributed by atoms with E-state index in [1.807, 2.05) is 37.2 Å². The van der Waals surface area contributed by atoms with Crippen molar-refractivity contribution in [2.75, 3.05) is 0 Å². The monoisotopic (exact) mass is 1420 g/mol. The first kappa shape index (κ1) is 94.9. The molecule has 102 heavy (non-hydrogen) atoms. The van der Waals surface area contributed by atoms with Crippen molar-refractivity contribution in [2.24, 2.45) is 71.0 Å². The Hall–Kier alpha value is -5.16. The summed E-state index contributed by atoms with van der Waals surface area (Å²) >= 11 is 0. The molecule has 0 atom stereocenters. The van der Waals surface area contributed by atoms with Crippen LogP contribution in [0.4, 0.5) is 0 Å². The maximum absolute atomic E-state index is 4.18. The number of aryl methyl sites for hydroxylation is 10. The molecular weight excluding hydrogens is 1260 g/mol. The molecule has 6 heterocycles. The van der Waals surface area contributed by atoms with E-state index in [-0.39, 0.29) is 0 Å². The standard InChI is InChI=1S/6C14H27N3/c2*1-12(2)7-5-9-14-11-15-16-17(14)10-6-8-13(3)4;2*1-12(2)7-5-6-8-14-11-15-16-17(14)10-9-13(3)4;2*1-12(2)8-6-5-7-9-14-10-15-16-17(14)11-13(3)4/h4*11-13H,5-10H2,1-4H3;2*10,12-13H,5-9,11H2,1-4H3. The third kappa shape index (κ3) is 51.9. The number of aromatic nitrogens is 18. The van der Waals surface area contributed by atoms with Crippen LogP contribution >= 0.6 is 0 Å². The van der Waals surface area contributed by atoms with Crippen molar-refractivity contribution in [2.45, 2.75) is 398 Å². The Morgan fingerprint density at radius 3 is 0.618 bits per heavy atom. The van der Waals surface area contributed by atoms with Crippen LogP contribution in [-0.2, 0) is 77.8 Å². The molecule has 6 aromatic rings. The fourth-order valence-corrected chi connectivity index (χ4v) is 11.8. The number of unbranched alkanes of at least 4 members (excludes halogenated alkanes) is 6. The molecule has 0 spiro atoms. The van der Waals surface area contributed by atoms with Crippen molar-refractivity contribution in [3.8, 4) is 0 Å². The molecule has 0 bridgehead atoms. The molecular formula is C84H162N18. The molecule has 0 unspecified atom stereocenters. The highest BCUT2D eigenvalue weighted by Crippen LogP contribution is 2.18. The van der Waals surface area contributed by atoms with Crippen molar-refractivity contribution >= 4 is 0 Å². The fraction of sp³-hybridized carbons (Fsp3) is 0.857. The second kappa shape index (κ2) is 59.0. The van der Waals surface area contributed by atoms with Gasteiger partial charge in [-0.1, -0.05) is 274 Å². The van der Waals surface area contributed by atoms with Gasteiger partial charge in [-0.25, -0.2) is 28.1 Å². The van der Waals surface area contributed by atoms with Gasteiger partial charge in [0.25, 0.3) is 0 Å². The van der Waals surface area contributed by atoms with Gasteiger partial charge in [-0.3, -0.25) is 0 Å². The largest absolute Gasteiger partial charge is 0.249 e. The van der Waals surface area contributed by atoms with Gasteiger partial charge in [-0.2, -0.15) is 0 Å². The second-order valence-corrected chi connectivity index (χ2v) is 34.7. The summed E-state index contributed by atoms with van der Waals surface area (Å²) in [4.78, 5) is 0. The molecule has 0 saturated carbocycles. The predicted octanol–water partition coefficient (Wildman–Crippen LogP) is 22.2. The van der Waals surface area contributed by atoms with Crippen LogP contribution in [0.1, 0.15) is 354 Å². The summed E-state index contributed by atoms with van der Waals surface area (Å²) in [6, 6.07) is 0. The minimum atomic E-state index is 0.636. The van der Waals surface area contributed by atoms with Gasteiger partial charge in [-0.15, -0.1) is 30.6 Å². The summed E-state index contributed by atoms with van der Waals surface area (Å²) in [6.07, 6.45) is 49.0. The van der Waals surface area contributed by atoms with Crippen LogP contribution in [0.15, 0.2) is 37.2 Å². The fourth-order valence-electron chi connectivity index (χ4n) is 11.8. The van der Waals surface area contributed by atoms with Crippen LogP contribution in [0.25, 0.3) is 0 Å². The normalized spacial score (nSPS) is 11.6. The van der Waals surface area contributed by atoms with Gasteiger partial charge in [-0.05, 0) is 187 Å². The molecule has 0 aliphatic rings. The Labute approximate surface area is 627 Å². The van der Waals surface area contributed by atoms with E-state index in [4.69, 9.17) is 0 Å². The lowest BCUT2D eigenvalue weighted by atomic mass is 10.0. The van der Waals surface area contributed by atoms with E-state index in [0.29, 0.717) is 11.8 Å². The minimum absolute atomic E-state index is 0.636. The number of hydrogen-bond acceptors (Lipinski definition) is 12. The van der Waals surface area contributed by atoms with Gasteiger partial charge < -0.3 is 0 Å². The van der Waals surface area contributed by atoms with E-state index >= 15 is 0 Å². The highest BCUT2D eigenvalue weighted by atomic mass is 15.4. The van der Waals surface area contributed by atoms with Gasteiger partial charge in [0.05, 0.1) is 71.3 Å². The predicted molar refractivity (Wildman–Crippen MR) is 431 cm³/mol. The first-order valence-corrected chi connectivity index (χ1v) is 41.8. The van der Waals surface area contributed by atoms with Gasteiger partial charge in [0.1, 0.15) is 0 Å². The Bertz CT molecular complexity index is 2530. The van der Waals surface area contributed by atoms with Crippen molar-refractivity contribution < 1.29 is 0 Å². The summed E-state index contributed by atoms with van der Waals surface area (Å²) in [7, 11) is 0. The molecule has 0 saturated heterocycles. The van der Waals surface area contributed by atoms with E-state index in [1.54, 1.807) is 0 Å². The van der Waals surface area contributed by atoms with Crippen LogP contribution < -0.4 is 0 Å². The molecule has 6 aromatic heterocycles. The van der Waals surface area contributed by atoms with Crippen LogP contribution in [0.5, 0.6) is 0 Å². The highest BCUT2D eigenvalue weighted by Gasteiger charge is 2.12. The summed E-state index contributed by atoms with van der Waals surface area (Å²) < 4.78 is 12.5. The zero-order valence-electron chi connectivity index (χ0n) is 70.9. The van der Waals surface area contributed by atoms with E-state index in [9.17, 15) is 0 Å². The molecule has 0 amide bonds. The maximum Gasteiger partial charge on any atom is 0.0725 e. The van der Waals surface area contributed by atoms with Crippen molar-refractivity contribution in [1.29, 1.82) is 0 Å². The van der Waals surface area contributed by atoms with Crippen LogP contribution in [0, 0.1) is 71.0 Å². The first-order valence-electron chi connectivity index (χ1n) is 41.8. The van der Waals surface area contributed by atoms with E-state index in [0.717, 1.165) is 137 Å². The molecule has 18 heteroatoms. The SMILES string of the molecule is CC(C)CCCCCc1cnnn1CC(C)C.CC(C)CCCCCc1cnnn1CC(C)C.CC(C)CCCCc1cnnn1CCC(C)C.CC(C)CCCCc1cnnn1CCC(C)C.CC(C)CCCc1cnnn1CCCC(C)C.CC(C)CCCc1cnnn1CCCC(C)C. The van der Waals surface area contributed by atoms with E-state index < -0.39 is 0 Å². The summed E-state index contributed by atoms with van der Waals surface area (Å²) in [5.41, 5.74) is 7.79. The Kier molecular flexibility index (Phi) is 54.9. The third-order valence-electron chi connectivity index (χ3n) is 18.2. The van der Waals surface area contributed by atoms with Gasteiger partial charge in [0, 0.05) is 39.3 Å². The first-order chi connectivity index (χ1) is 48.6. The van der Waals surface area contributed by atoms with Gasteiger partial charge in [0.15, 0.2) is 0 Å². The average molecular weight is 1420 g/mol. The average Bonchev–Trinajstić information content (AvgIpc) is 1.80. The number of nitrogens with zero attached hydrogens (tertiary/aromatic N) is 18. The lowest BCUT2D eigenvalue weighted by Crippen LogP contribution is -2.09. The zero-order valence-corrected chi connectivity index (χ0v) is 70.9. The Balaban J connectivity index is 0.000000612. The maximum atomic E-state index is 4.18. The van der Waals surface area contributed by atoms with Gasteiger partial charge >= 0.3 is 0 Å². The number of rotatable bonds is 48. The minimum Gasteiger partial charge on any atom is -0.249 e. The van der Waals surface area contributed by atoms with Crippen molar-refractivity contribution in [3.63, 3.8) is 0 Å².